The SMILES string of the molecule is CCOc1ccc2c(c1)NC(=O)/C2=C/c1ccccc1CC. The summed E-state index contributed by atoms with van der Waals surface area (Å²) in [6.07, 6.45) is 2.91. The molecule has 2 aromatic rings. The van der Waals surface area contributed by atoms with Gasteiger partial charge in [0, 0.05) is 17.2 Å². The zero-order chi connectivity index (χ0) is 15.5. The monoisotopic (exact) mass is 293 g/mol. The van der Waals surface area contributed by atoms with E-state index in [4.69, 9.17) is 4.74 Å². The molecule has 1 N–H and O–H groups in total. The molecule has 22 heavy (non-hydrogen) atoms. The van der Waals surface area contributed by atoms with Crippen LogP contribution in [-0.2, 0) is 11.2 Å². The van der Waals surface area contributed by atoms with Crippen LogP contribution in [-0.4, -0.2) is 12.5 Å². The predicted octanol–water partition coefficient (Wildman–Crippen LogP) is 4.14. The molecule has 0 atom stereocenters. The topological polar surface area (TPSA) is 38.3 Å². The first kappa shape index (κ1) is 14.4. The summed E-state index contributed by atoms with van der Waals surface area (Å²) in [5.74, 6) is 0.714. The first-order chi connectivity index (χ1) is 10.7. The predicted molar refractivity (Wildman–Crippen MR) is 89.9 cm³/mol. The fourth-order valence-corrected chi connectivity index (χ4v) is 2.73. The lowest BCUT2D eigenvalue weighted by atomic mass is 9.99. The van der Waals surface area contributed by atoms with Gasteiger partial charge in [-0.3, -0.25) is 4.79 Å². The average molecular weight is 293 g/mol. The maximum Gasteiger partial charge on any atom is 0.256 e. The number of carbonyl (C=O) groups is 1. The number of aryl methyl sites for hydroxylation is 1. The number of anilines is 1. The number of benzene rings is 2. The summed E-state index contributed by atoms with van der Waals surface area (Å²) < 4.78 is 5.49. The summed E-state index contributed by atoms with van der Waals surface area (Å²) in [5.41, 5.74) is 4.79. The molecule has 3 heteroatoms. The van der Waals surface area contributed by atoms with Crippen molar-refractivity contribution >= 4 is 23.2 Å². The Morgan fingerprint density at radius 3 is 2.73 bits per heavy atom. The molecule has 1 heterocycles. The number of carbonyl (C=O) groups excluding carboxylic acids is 1. The van der Waals surface area contributed by atoms with Crippen molar-refractivity contribution < 1.29 is 9.53 Å². The van der Waals surface area contributed by atoms with Crippen molar-refractivity contribution in [3.8, 4) is 5.75 Å². The van der Waals surface area contributed by atoms with E-state index in [2.05, 4.69) is 18.3 Å². The van der Waals surface area contributed by atoms with E-state index in [0.29, 0.717) is 12.2 Å². The van der Waals surface area contributed by atoms with Gasteiger partial charge in [-0.1, -0.05) is 31.2 Å². The van der Waals surface area contributed by atoms with Gasteiger partial charge in [0.15, 0.2) is 0 Å². The fraction of sp³-hybridized carbons (Fsp3) is 0.211. The second-order valence-electron chi connectivity index (χ2n) is 5.20. The van der Waals surface area contributed by atoms with Gasteiger partial charge >= 0.3 is 0 Å². The van der Waals surface area contributed by atoms with Crippen LogP contribution >= 0.6 is 0 Å². The number of ether oxygens (including phenoxy) is 1. The largest absolute Gasteiger partial charge is 0.494 e. The molecule has 2 aromatic carbocycles. The molecule has 0 saturated heterocycles. The molecule has 112 valence electrons. The van der Waals surface area contributed by atoms with Gasteiger partial charge in [0.2, 0.25) is 0 Å². The van der Waals surface area contributed by atoms with Crippen LogP contribution < -0.4 is 10.1 Å². The third kappa shape index (κ3) is 2.62. The third-order valence-electron chi connectivity index (χ3n) is 3.82. The van der Waals surface area contributed by atoms with Crippen LogP contribution in [0.2, 0.25) is 0 Å². The lowest BCUT2D eigenvalue weighted by Gasteiger charge is -2.06. The van der Waals surface area contributed by atoms with E-state index < -0.39 is 0 Å². The highest BCUT2D eigenvalue weighted by molar-refractivity contribution is 6.35. The van der Waals surface area contributed by atoms with E-state index in [-0.39, 0.29) is 5.91 Å². The molecule has 0 unspecified atom stereocenters. The summed E-state index contributed by atoms with van der Waals surface area (Å²) in [5, 5.41) is 2.92. The molecule has 0 saturated carbocycles. The van der Waals surface area contributed by atoms with Crippen LogP contribution in [0.1, 0.15) is 30.5 Å². The molecule has 0 aliphatic carbocycles. The van der Waals surface area contributed by atoms with Gasteiger partial charge in [-0.2, -0.15) is 0 Å². The van der Waals surface area contributed by atoms with E-state index in [1.165, 1.54) is 5.56 Å². The molecular formula is C19H19NO2. The Hall–Kier alpha value is -2.55. The van der Waals surface area contributed by atoms with E-state index in [1.807, 2.05) is 49.4 Å². The summed E-state index contributed by atoms with van der Waals surface area (Å²) >= 11 is 0. The molecule has 0 radical (unpaired) electrons. The van der Waals surface area contributed by atoms with Gasteiger partial charge in [0.05, 0.1) is 12.3 Å². The zero-order valence-electron chi connectivity index (χ0n) is 12.8. The normalized spacial score (nSPS) is 14.8. The first-order valence-corrected chi connectivity index (χ1v) is 7.61. The van der Waals surface area contributed by atoms with Gasteiger partial charge in [0.25, 0.3) is 5.91 Å². The Balaban J connectivity index is 2.03. The lowest BCUT2D eigenvalue weighted by Crippen LogP contribution is -2.03. The molecule has 0 spiro atoms. The summed E-state index contributed by atoms with van der Waals surface area (Å²) in [4.78, 5) is 12.3. The number of hydrogen-bond acceptors (Lipinski definition) is 2. The Morgan fingerprint density at radius 1 is 1.14 bits per heavy atom. The van der Waals surface area contributed by atoms with Crippen molar-refractivity contribution in [2.45, 2.75) is 20.3 Å². The van der Waals surface area contributed by atoms with Crippen molar-refractivity contribution in [2.75, 3.05) is 11.9 Å². The van der Waals surface area contributed by atoms with Crippen LogP contribution in [0.25, 0.3) is 11.6 Å². The van der Waals surface area contributed by atoms with Crippen LogP contribution in [0.4, 0.5) is 5.69 Å². The Morgan fingerprint density at radius 2 is 1.95 bits per heavy atom. The number of nitrogens with one attached hydrogen (secondary N) is 1. The van der Waals surface area contributed by atoms with E-state index in [0.717, 1.165) is 29.0 Å². The first-order valence-electron chi connectivity index (χ1n) is 7.61. The second kappa shape index (κ2) is 6.06. The van der Waals surface area contributed by atoms with Crippen LogP contribution in [0, 0.1) is 0 Å². The van der Waals surface area contributed by atoms with E-state index in [9.17, 15) is 4.79 Å². The minimum atomic E-state index is -0.0606. The van der Waals surface area contributed by atoms with Gasteiger partial charge in [-0.05, 0) is 42.7 Å². The number of hydrogen-bond donors (Lipinski definition) is 1. The fourth-order valence-electron chi connectivity index (χ4n) is 2.73. The maximum absolute atomic E-state index is 12.3. The Labute approximate surface area is 130 Å². The molecule has 1 amide bonds. The molecule has 1 aliphatic rings. The van der Waals surface area contributed by atoms with Crippen molar-refractivity contribution in [1.82, 2.24) is 0 Å². The Kier molecular flexibility index (Phi) is 3.96. The van der Waals surface area contributed by atoms with Crippen molar-refractivity contribution in [3.05, 3.63) is 59.2 Å². The summed E-state index contributed by atoms with van der Waals surface area (Å²) in [7, 11) is 0. The molecule has 0 bridgehead atoms. The summed E-state index contributed by atoms with van der Waals surface area (Å²) in [6, 6.07) is 13.9. The third-order valence-corrected chi connectivity index (χ3v) is 3.82. The van der Waals surface area contributed by atoms with Crippen LogP contribution in [0.3, 0.4) is 0 Å². The van der Waals surface area contributed by atoms with Crippen molar-refractivity contribution in [2.24, 2.45) is 0 Å². The second-order valence-corrected chi connectivity index (χ2v) is 5.20. The Bertz CT molecular complexity index is 747. The van der Waals surface area contributed by atoms with E-state index >= 15 is 0 Å². The van der Waals surface area contributed by atoms with Gasteiger partial charge in [-0.25, -0.2) is 0 Å². The van der Waals surface area contributed by atoms with Crippen molar-refractivity contribution in [3.63, 3.8) is 0 Å². The highest BCUT2D eigenvalue weighted by Gasteiger charge is 2.24. The van der Waals surface area contributed by atoms with Gasteiger partial charge in [-0.15, -0.1) is 0 Å². The molecular weight excluding hydrogens is 274 g/mol. The quantitative estimate of drug-likeness (QED) is 0.860. The van der Waals surface area contributed by atoms with Gasteiger partial charge in [0.1, 0.15) is 5.75 Å². The van der Waals surface area contributed by atoms with E-state index in [1.54, 1.807) is 0 Å². The van der Waals surface area contributed by atoms with Crippen LogP contribution in [0.15, 0.2) is 42.5 Å². The number of amides is 1. The highest BCUT2D eigenvalue weighted by atomic mass is 16.5. The number of fused-ring (bicyclic) bond motifs is 1. The minimum absolute atomic E-state index is 0.0606. The lowest BCUT2D eigenvalue weighted by molar-refractivity contribution is -0.110. The highest BCUT2D eigenvalue weighted by Crippen LogP contribution is 2.36. The van der Waals surface area contributed by atoms with Crippen LogP contribution in [0.5, 0.6) is 5.75 Å². The number of rotatable bonds is 4. The average Bonchev–Trinajstić information content (AvgIpc) is 2.83. The van der Waals surface area contributed by atoms with Gasteiger partial charge < -0.3 is 10.1 Å². The molecule has 0 aromatic heterocycles. The maximum atomic E-state index is 12.3. The van der Waals surface area contributed by atoms with Crippen molar-refractivity contribution in [1.29, 1.82) is 0 Å². The minimum Gasteiger partial charge on any atom is -0.494 e. The molecule has 1 aliphatic heterocycles. The zero-order valence-corrected chi connectivity index (χ0v) is 12.8. The summed E-state index contributed by atoms with van der Waals surface area (Å²) in [6.45, 7) is 4.67. The standard InChI is InChI=1S/C19H19NO2/c1-3-13-7-5-6-8-14(13)11-17-16-10-9-15(22-4-2)12-18(16)20-19(17)21/h5-12H,3-4H2,1-2H3,(H,20,21)/b17-11+. The smallest absolute Gasteiger partial charge is 0.256 e. The molecule has 3 nitrogen and oxygen atoms in total. The molecule has 3 rings (SSSR count). The molecule has 0 fully saturated rings.